The predicted octanol–water partition coefficient (Wildman–Crippen LogP) is 4.37. The fourth-order valence-electron chi connectivity index (χ4n) is 7.29. The molecule has 1 aliphatic heterocycles. The molecule has 1 spiro atoms. The summed E-state index contributed by atoms with van der Waals surface area (Å²) in [4.78, 5) is 23.8. The van der Waals surface area contributed by atoms with Crippen LogP contribution in [0.5, 0.6) is 0 Å². The second kappa shape index (κ2) is 4.86. The van der Waals surface area contributed by atoms with Crippen LogP contribution in [0.2, 0.25) is 0 Å². The van der Waals surface area contributed by atoms with Crippen molar-refractivity contribution in [1.29, 1.82) is 0 Å². The molecule has 25 heavy (non-hydrogen) atoms. The molecule has 134 valence electrons. The molecule has 0 aromatic heterocycles. The topological polar surface area (TPSA) is 43.4 Å². The van der Waals surface area contributed by atoms with Gasteiger partial charge in [0.2, 0.25) is 0 Å². The Kier molecular flexibility index (Phi) is 3.08. The Morgan fingerprint density at radius 3 is 2.56 bits per heavy atom. The molecule has 5 aliphatic rings. The molecule has 3 heteroatoms. The van der Waals surface area contributed by atoms with Crippen LogP contribution in [0, 0.1) is 28.6 Å². The second-order valence-corrected chi connectivity index (χ2v) is 9.60. The van der Waals surface area contributed by atoms with Crippen LogP contribution in [-0.4, -0.2) is 17.4 Å². The lowest BCUT2D eigenvalue weighted by Crippen LogP contribution is -2.53. The van der Waals surface area contributed by atoms with Gasteiger partial charge in [-0.25, -0.2) is 0 Å². The Morgan fingerprint density at radius 2 is 1.80 bits per heavy atom. The van der Waals surface area contributed by atoms with E-state index in [1.54, 1.807) is 0 Å². The third-order valence-electron chi connectivity index (χ3n) is 8.85. The SMILES string of the molecule is C[C@@]12CCC(=O)C=C1C=CC1C2CC[C@]2(C)C1CCC21CCC(=O)O1. The van der Waals surface area contributed by atoms with Crippen molar-refractivity contribution >= 4 is 11.8 Å². The summed E-state index contributed by atoms with van der Waals surface area (Å²) >= 11 is 0. The average molecular weight is 340 g/mol. The summed E-state index contributed by atoms with van der Waals surface area (Å²) in [5.74, 6) is 2.08. The maximum Gasteiger partial charge on any atom is 0.306 e. The van der Waals surface area contributed by atoms with E-state index < -0.39 is 0 Å². The average Bonchev–Trinajstić information content (AvgIpc) is 3.10. The Labute approximate surface area is 149 Å². The number of ether oxygens (including phenoxy) is 1. The van der Waals surface area contributed by atoms with E-state index in [-0.39, 0.29) is 28.2 Å². The standard InChI is InChI=1S/C22H28O3/c1-20-9-5-15(23)13-14(20)3-4-16-17(20)6-10-21(2)18(16)7-11-22(21)12-8-19(24)25-22/h3-4,13,16-18H,5-12H2,1-2H3/t16?,17?,18?,20-,21-,22?/m1/s1. The number of esters is 1. The molecule has 0 amide bonds. The Hall–Kier alpha value is -1.38. The summed E-state index contributed by atoms with van der Waals surface area (Å²) in [5.41, 5.74) is 1.32. The molecule has 0 radical (unpaired) electrons. The number of ketones is 1. The minimum absolute atomic E-state index is 0.00570. The quantitative estimate of drug-likeness (QED) is 0.615. The Balaban J connectivity index is 1.53. The van der Waals surface area contributed by atoms with Gasteiger partial charge in [-0.3, -0.25) is 9.59 Å². The van der Waals surface area contributed by atoms with Gasteiger partial charge < -0.3 is 4.74 Å². The Morgan fingerprint density at radius 1 is 1.00 bits per heavy atom. The van der Waals surface area contributed by atoms with Crippen LogP contribution in [0.25, 0.3) is 0 Å². The fraction of sp³-hybridized carbons (Fsp3) is 0.727. The predicted molar refractivity (Wildman–Crippen MR) is 94.7 cm³/mol. The molecule has 2 saturated carbocycles. The summed E-state index contributed by atoms with van der Waals surface area (Å²) in [6.07, 6.45) is 14.3. The van der Waals surface area contributed by atoms with Crippen molar-refractivity contribution in [1.82, 2.24) is 0 Å². The molecule has 4 aliphatic carbocycles. The van der Waals surface area contributed by atoms with Gasteiger partial charge in [0.25, 0.3) is 0 Å². The first-order chi connectivity index (χ1) is 11.9. The normalized spacial score (nSPS) is 51.0. The van der Waals surface area contributed by atoms with Gasteiger partial charge in [0.05, 0.1) is 0 Å². The van der Waals surface area contributed by atoms with Gasteiger partial charge >= 0.3 is 5.97 Å². The smallest absolute Gasteiger partial charge is 0.306 e. The highest BCUT2D eigenvalue weighted by Crippen LogP contribution is 2.68. The van der Waals surface area contributed by atoms with E-state index >= 15 is 0 Å². The van der Waals surface area contributed by atoms with E-state index in [2.05, 4.69) is 26.0 Å². The lowest BCUT2D eigenvalue weighted by Gasteiger charge is -2.57. The van der Waals surface area contributed by atoms with E-state index in [0.717, 1.165) is 25.7 Å². The van der Waals surface area contributed by atoms with Crippen LogP contribution in [-0.2, 0) is 14.3 Å². The molecule has 3 nitrogen and oxygen atoms in total. The van der Waals surface area contributed by atoms with E-state index in [9.17, 15) is 9.59 Å². The van der Waals surface area contributed by atoms with Crippen molar-refractivity contribution in [2.75, 3.05) is 0 Å². The summed E-state index contributed by atoms with van der Waals surface area (Å²) in [7, 11) is 0. The fourth-order valence-corrected chi connectivity index (χ4v) is 7.29. The minimum atomic E-state index is -0.201. The van der Waals surface area contributed by atoms with Crippen molar-refractivity contribution in [3.05, 3.63) is 23.8 Å². The van der Waals surface area contributed by atoms with Crippen LogP contribution in [0.4, 0.5) is 0 Å². The zero-order chi connectivity index (χ0) is 17.4. The van der Waals surface area contributed by atoms with Crippen molar-refractivity contribution in [2.24, 2.45) is 28.6 Å². The largest absolute Gasteiger partial charge is 0.458 e. The van der Waals surface area contributed by atoms with Gasteiger partial charge in [0.1, 0.15) is 5.60 Å². The van der Waals surface area contributed by atoms with Crippen LogP contribution in [0.1, 0.15) is 65.2 Å². The summed E-state index contributed by atoms with van der Waals surface area (Å²) in [6, 6.07) is 0. The van der Waals surface area contributed by atoms with Crippen LogP contribution in [0.3, 0.4) is 0 Å². The van der Waals surface area contributed by atoms with Gasteiger partial charge in [0, 0.05) is 18.3 Å². The maximum atomic E-state index is 11.9. The second-order valence-electron chi connectivity index (χ2n) is 9.60. The van der Waals surface area contributed by atoms with Crippen molar-refractivity contribution < 1.29 is 14.3 Å². The molecule has 1 saturated heterocycles. The molecule has 4 unspecified atom stereocenters. The van der Waals surface area contributed by atoms with Crippen molar-refractivity contribution in [2.45, 2.75) is 70.8 Å². The molecule has 0 bridgehead atoms. The lowest BCUT2D eigenvalue weighted by atomic mass is 9.48. The third kappa shape index (κ3) is 1.88. The molecular weight excluding hydrogens is 312 g/mol. The number of hydrogen-bond donors (Lipinski definition) is 0. The van der Waals surface area contributed by atoms with Gasteiger partial charge in [-0.05, 0) is 73.3 Å². The molecule has 1 heterocycles. The molecule has 3 fully saturated rings. The van der Waals surface area contributed by atoms with Crippen LogP contribution < -0.4 is 0 Å². The van der Waals surface area contributed by atoms with Crippen LogP contribution >= 0.6 is 0 Å². The van der Waals surface area contributed by atoms with Gasteiger partial charge in [-0.15, -0.1) is 0 Å². The number of fused-ring (bicyclic) bond motifs is 6. The minimum Gasteiger partial charge on any atom is -0.458 e. The lowest BCUT2D eigenvalue weighted by molar-refractivity contribution is -0.165. The highest BCUT2D eigenvalue weighted by Gasteiger charge is 2.66. The summed E-state index contributed by atoms with van der Waals surface area (Å²) in [6.45, 7) is 4.78. The highest BCUT2D eigenvalue weighted by atomic mass is 16.6. The first kappa shape index (κ1) is 15.8. The van der Waals surface area contributed by atoms with Gasteiger partial charge in [0.15, 0.2) is 5.78 Å². The van der Waals surface area contributed by atoms with Gasteiger partial charge in [-0.2, -0.15) is 0 Å². The van der Waals surface area contributed by atoms with Crippen molar-refractivity contribution in [3.63, 3.8) is 0 Å². The monoisotopic (exact) mass is 340 g/mol. The van der Waals surface area contributed by atoms with Crippen molar-refractivity contribution in [3.8, 4) is 0 Å². The molecule has 0 aromatic carbocycles. The first-order valence-electron chi connectivity index (χ1n) is 10.0. The maximum absolute atomic E-state index is 11.9. The summed E-state index contributed by atoms with van der Waals surface area (Å²) < 4.78 is 5.99. The van der Waals surface area contributed by atoms with Crippen LogP contribution in [0.15, 0.2) is 23.8 Å². The zero-order valence-electron chi connectivity index (χ0n) is 15.3. The highest BCUT2D eigenvalue weighted by molar-refractivity contribution is 5.92. The van der Waals surface area contributed by atoms with Gasteiger partial charge in [-0.1, -0.05) is 26.0 Å². The number of rotatable bonds is 0. The third-order valence-corrected chi connectivity index (χ3v) is 8.85. The van der Waals surface area contributed by atoms with E-state index in [1.807, 2.05) is 6.08 Å². The Bertz CT molecular complexity index is 719. The number of carbonyl (C=O) groups excluding carboxylic acids is 2. The molecule has 6 atom stereocenters. The first-order valence-corrected chi connectivity index (χ1v) is 10.0. The van der Waals surface area contributed by atoms with E-state index in [0.29, 0.717) is 30.6 Å². The molecular formula is C22H28O3. The molecule has 5 rings (SSSR count). The number of allylic oxidation sites excluding steroid dienone is 4. The van der Waals surface area contributed by atoms with E-state index in [4.69, 9.17) is 4.74 Å². The van der Waals surface area contributed by atoms with E-state index in [1.165, 1.54) is 18.4 Å². The zero-order valence-corrected chi connectivity index (χ0v) is 15.3. The summed E-state index contributed by atoms with van der Waals surface area (Å²) in [5, 5.41) is 0. The number of carbonyl (C=O) groups is 2. The molecule has 0 aromatic rings. The molecule has 0 N–H and O–H groups in total. The number of hydrogen-bond acceptors (Lipinski definition) is 3.